The van der Waals surface area contributed by atoms with Gasteiger partial charge in [0, 0.05) is 16.6 Å². The van der Waals surface area contributed by atoms with Crippen molar-refractivity contribution >= 4 is 15.9 Å². The van der Waals surface area contributed by atoms with Crippen LogP contribution in [-0.2, 0) is 0 Å². The van der Waals surface area contributed by atoms with Crippen molar-refractivity contribution in [2.75, 3.05) is 7.05 Å². The van der Waals surface area contributed by atoms with Gasteiger partial charge in [-0.2, -0.15) is 0 Å². The van der Waals surface area contributed by atoms with E-state index in [0.717, 1.165) is 6.42 Å². The Hall–Kier alpha value is -0.380. The Balaban J connectivity index is 2.25. The molecule has 1 fully saturated rings. The van der Waals surface area contributed by atoms with Crippen LogP contribution in [0.15, 0.2) is 28.7 Å². The Morgan fingerprint density at radius 3 is 2.50 bits per heavy atom. The van der Waals surface area contributed by atoms with E-state index in [1.807, 2.05) is 0 Å². The molecule has 3 heteroatoms. The molecule has 0 saturated heterocycles. The highest BCUT2D eigenvalue weighted by Gasteiger charge is 2.30. The van der Waals surface area contributed by atoms with E-state index in [-0.39, 0.29) is 6.04 Å². The van der Waals surface area contributed by atoms with Crippen molar-refractivity contribution in [3.63, 3.8) is 0 Å². The standard InChI is InChI=1S/C17H27BrN2/c1-3-16(19)17(14-11-7-8-12-15(14)18)20(2)13-9-5-4-6-10-13/h7-8,11-13,16-17H,3-6,9-10,19H2,1-2H3. The van der Waals surface area contributed by atoms with Crippen LogP contribution in [0.5, 0.6) is 0 Å². The number of hydrogen-bond acceptors (Lipinski definition) is 2. The second kappa shape index (κ2) is 7.58. The van der Waals surface area contributed by atoms with Gasteiger partial charge in [-0.05, 0) is 37.9 Å². The maximum atomic E-state index is 6.46. The van der Waals surface area contributed by atoms with Crippen LogP contribution >= 0.6 is 15.9 Å². The van der Waals surface area contributed by atoms with E-state index in [1.165, 1.54) is 42.1 Å². The van der Waals surface area contributed by atoms with Gasteiger partial charge in [-0.1, -0.05) is 60.3 Å². The minimum atomic E-state index is 0.181. The van der Waals surface area contributed by atoms with Gasteiger partial charge < -0.3 is 5.73 Å². The molecule has 2 rings (SSSR count). The van der Waals surface area contributed by atoms with E-state index in [4.69, 9.17) is 5.73 Å². The van der Waals surface area contributed by atoms with E-state index < -0.39 is 0 Å². The molecular weight excluding hydrogens is 312 g/mol. The Labute approximate surface area is 131 Å². The molecule has 1 aromatic rings. The van der Waals surface area contributed by atoms with Gasteiger partial charge in [0.1, 0.15) is 0 Å². The average Bonchev–Trinajstić information content (AvgIpc) is 2.50. The van der Waals surface area contributed by atoms with Crippen molar-refractivity contribution in [2.24, 2.45) is 5.73 Å². The monoisotopic (exact) mass is 338 g/mol. The van der Waals surface area contributed by atoms with Crippen LogP contribution in [0.3, 0.4) is 0 Å². The zero-order valence-electron chi connectivity index (χ0n) is 12.7. The molecule has 0 amide bonds. The molecule has 2 unspecified atom stereocenters. The Morgan fingerprint density at radius 1 is 1.25 bits per heavy atom. The molecule has 1 aromatic carbocycles. The Bertz CT molecular complexity index is 415. The maximum absolute atomic E-state index is 6.46. The van der Waals surface area contributed by atoms with Crippen molar-refractivity contribution in [3.05, 3.63) is 34.3 Å². The third-order valence-corrected chi connectivity index (χ3v) is 5.41. The lowest BCUT2D eigenvalue weighted by atomic mass is 9.90. The van der Waals surface area contributed by atoms with E-state index in [1.54, 1.807) is 0 Å². The quantitative estimate of drug-likeness (QED) is 0.856. The fourth-order valence-corrected chi connectivity index (χ4v) is 3.93. The molecule has 112 valence electrons. The van der Waals surface area contributed by atoms with Crippen molar-refractivity contribution in [3.8, 4) is 0 Å². The summed E-state index contributed by atoms with van der Waals surface area (Å²) in [5.41, 5.74) is 7.79. The van der Waals surface area contributed by atoms with Crippen LogP contribution in [-0.4, -0.2) is 24.0 Å². The smallest absolute Gasteiger partial charge is 0.0510 e. The minimum absolute atomic E-state index is 0.181. The highest BCUT2D eigenvalue weighted by atomic mass is 79.9. The summed E-state index contributed by atoms with van der Waals surface area (Å²) in [6.45, 7) is 2.18. The first-order chi connectivity index (χ1) is 9.65. The van der Waals surface area contributed by atoms with E-state index in [0.29, 0.717) is 12.1 Å². The normalized spacial score (nSPS) is 20.1. The van der Waals surface area contributed by atoms with Crippen LogP contribution in [0.1, 0.15) is 57.1 Å². The topological polar surface area (TPSA) is 29.3 Å². The number of rotatable bonds is 5. The molecule has 1 aliphatic rings. The highest BCUT2D eigenvalue weighted by molar-refractivity contribution is 9.10. The van der Waals surface area contributed by atoms with Crippen LogP contribution in [0.2, 0.25) is 0 Å². The summed E-state index contributed by atoms with van der Waals surface area (Å²) in [5, 5.41) is 0. The zero-order valence-corrected chi connectivity index (χ0v) is 14.3. The molecule has 20 heavy (non-hydrogen) atoms. The van der Waals surface area contributed by atoms with Gasteiger partial charge in [0.25, 0.3) is 0 Å². The van der Waals surface area contributed by atoms with Gasteiger partial charge in [0.05, 0.1) is 6.04 Å². The third-order valence-electron chi connectivity index (χ3n) is 4.69. The van der Waals surface area contributed by atoms with E-state index in [2.05, 4.69) is 59.1 Å². The summed E-state index contributed by atoms with van der Waals surface area (Å²) < 4.78 is 1.18. The van der Waals surface area contributed by atoms with Crippen molar-refractivity contribution in [2.45, 2.75) is 63.6 Å². The predicted octanol–water partition coefficient (Wildman–Crippen LogP) is 4.49. The summed E-state index contributed by atoms with van der Waals surface area (Å²) in [5.74, 6) is 0. The first-order valence-corrected chi connectivity index (χ1v) is 8.66. The van der Waals surface area contributed by atoms with Gasteiger partial charge in [-0.25, -0.2) is 0 Å². The van der Waals surface area contributed by atoms with Gasteiger partial charge in [-0.15, -0.1) is 0 Å². The first-order valence-electron chi connectivity index (χ1n) is 7.87. The maximum Gasteiger partial charge on any atom is 0.0510 e. The summed E-state index contributed by atoms with van der Waals surface area (Å²) in [6, 6.07) is 9.69. The van der Waals surface area contributed by atoms with Crippen molar-refractivity contribution < 1.29 is 0 Å². The molecule has 2 nitrogen and oxygen atoms in total. The second-order valence-corrected chi connectivity index (χ2v) is 6.85. The molecule has 1 aliphatic carbocycles. The van der Waals surface area contributed by atoms with Crippen LogP contribution in [0.25, 0.3) is 0 Å². The number of likely N-dealkylation sites (N-methyl/N-ethyl adjacent to an activating group) is 1. The molecule has 1 saturated carbocycles. The average molecular weight is 339 g/mol. The van der Waals surface area contributed by atoms with Crippen molar-refractivity contribution in [1.82, 2.24) is 4.90 Å². The van der Waals surface area contributed by atoms with Gasteiger partial charge in [0.2, 0.25) is 0 Å². The lowest BCUT2D eigenvalue weighted by Crippen LogP contribution is -2.44. The third kappa shape index (κ3) is 3.63. The van der Waals surface area contributed by atoms with Gasteiger partial charge in [-0.3, -0.25) is 4.90 Å². The number of nitrogens with two attached hydrogens (primary N) is 1. The lowest BCUT2D eigenvalue weighted by molar-refractivity contribution is 0.118. The number of nitrogens with zero attached hydrogens (tertiary/aromatic N) is 1. The molecule has 0 spiro atoms. The fraction of sp³-hybridized carbons (Fsp3) is 0.647. The predicted molar refractivity (Wildman–Crippen MR) is 89.8 cm³/mol. The van der Waals surface area contributed by atoms with E-state index in [9.17, 15) is 0 Å². The molecular formula is C17H27BrN2. The second-order valence-electron chi connectivity index (χ2n) is 6.00. The van der Waals surface area contributed by atoms with Gasteiger partial charge >= 0.3 is 0 Å². The van der Waals surface area contributed by atoms with Gasteiger partial charge in [0.15, 0.2) is 0 Å². The molecule has 2 N–H and O–H groups in total. The van der Waals surface area contributed by atoms with Crippen LogP contribution in [0.4, 0.5) is 0 Å². The molecule has 2 atom stereocenters. The first kappa shape index (κ1) is 16.0. The summed E-state index contributed by atoms with van der Waals surface area (Å²) in [7, 11) is 2.26. The Kier molecular flexibility index (Phi) is 6.06. The zero-order chi connectivity index (χ0) is 14.5. The number of benzene rings is 1. The van der Waals surface area contributed by atoms with Crippen LogP contribution in [0, 0.1) is 0 Å². The summed E-state index contributed by atoms with van der Waals surface area (Å²) in [4.78, 5) is 2.54. The number of hydrogen-bond donors (Lipinski definition) is 1. The van der Waals surface area contributed by atoms with Crippen molar-refractivity contribution in [1.29, 1.82) is 0 Å². The summed E-state index contributed by atoms with van der Waals surface area (Å²) in [6.07, 6.45) is 7.74. The Morgan fingerprint density at radius 2 is 1.90 bits per heavy atom. The molecule has 0 aromatic heterocycles. The fourth-order valence-electron chi connectivity index (χ4n) is 3.41. The van der Waals surface area contributed by atoms with Crippen LogP contribution < -0.4 is 5.73 Å². The minimum Gasteiger partial charge on any atom is -0.326 e. The largest absolute Gasteiger partial charge is 0.326 e. The SMILES string of the molecule is CCC(N)C(c1ccccc1Br)N(C)C1CCCCC1. The molecule has 0 heterocycles. The molecule has 0 bridgehead atoms. The number of halogens is 1. The highest BCUT2D eigenvalue weighted by Crippen LogP contribution is 2.34. The van der Waals surface area contributed by atoms with E-state index >= 15 is 0 Å². The summed E-state index contributed by atoms with van der Waals surface area (Å²) >= 11 is 3.70. The molecule has 0 aliphatic heterocycles. The lowest BCUT2D eigenvalue weighted by Gasteiger charge is -2.40. The molecule has 0 radical (unpaired) electrons.